The number of esters is 3. The van der Waals surface area contributed by atoms with E-state index in [9.17, 15) is 14.4 Å². The zero-order chi connectivity index (χ0) is 24.3. The summed E-state index contributed by atoms with van der Waals surface area (Å²) in [5, 5.41) is 0. The monoisotopic (exact) mass is 460 g/mol. The highest BCUT2D eigenvalue weighted by molar-refractivity contribution is 5.85. The number of hydrogen-bond donors (Lipinski definition) is 0. The normalized spacial score (nSPS) is 43.8. The van der Waals surface area contributed by atoms with Crippen LogP contribution in [-0.2, 0) is 28.6 Å². The Bertz CT molecular complexity index is 876. The Morgan fingerprint density at radius 3 is 2.18 bits per heavy atom. The van der Waals surface area contributed by atoms with Crippen LogP contribution in [0.4, 0.5) is 0 Å². The van der Waals surface area contributed by atoms with E-state index in [-0.39, 0.29) is 47.0 Å². The van der Waals surface area contributed by atoms with Crippen molar-refractivity contribution < 1.29 is 28.6 Å². The molecular weight excluding hydrogens is 420 g/mol. The topological polar surface area (TPSA) is 78.9 Å². The van der Waals surface area contributed by atoms with Gasteiger partial charge in [0.15, 0.2) is 0 Å². The van der Waals surface area contributed by atoms with Crippen molar-refractivity contribution in [2.24, 2.45) is 51.8 Å². The van der Waals surface area contributed by atoms with Gasteiger partial charge in [0, 0.05) is 5.41 Å². The zero-order valence-corrected chi connectivity index (χ0v) is 21.2. The molecule has 0 amide bonds. The molecule has 6 nitrogen and oxygen atoms in total. The Morgan fingerprint density at radius 2 is 1.61 bits per heavy atom. The predicted octanol–water partition coefficient (Wildman–Crippen LogP) is 4.56. The van der Waals surface area contributed by atoms with Crippen molar-refractivity contribution in [2.45, 2.75) is 66.2 Å². The van der Waals surface area contributed by atoms with Gasteiger partial charge in [-0.25, -0.2) is 0 Å². The van der Waals surface area contributed by atoms with Gasteiger partial charge in [0.2, 0.25) is 0 Å². The van der Waals surface area contributed by atoms with Crippen LogP contribution in [0.15, 0.2) is 11.6 Å². The highest BCUT2D eigenvalue weighted by atomic mass is 16.5. The summed E-state index contributed by atoms with van der Waals surface area (Å²) in [6.07, 6.45) is 7.62. The minimum Gasteiger partial charge on any atom is -0.469 e. The molecule has 6 heteroatoms. The molecule has 5 rings (SSSR count). The molecule has 8 atom stereocenters. The van der Waals surface area contributed by atoms with Gasteiger partial charge in [-0.2, -0.15) is 0 Å². The second kappa shape index (κ2) is 8.13. The van der Waals surface area contributed by atoms with Crippen LogP contribution in [0.25, 0.3) is 0 Å². The van der Waals surface area contributed by atoms with Crippen molar-refractivity contribution in [1.82, 2.24) is 0 Å². The summed E-state index contributed by atoms with van der Waals surface area (Å²) in [7, 11) is 4.31. The lowest BCUT2D eigenvalue weighted by atomic mass is 9.34. The lowest BCUT2D eigenvalue weighted by molar-refractivity contribution is -0.210. The molecule has 2 bridgehead atoms. The molecule has 184 valence electrons. The summed E-state index contributed by atoms with van der Waals surface area (Å²) in [5.41, 5.74) is 0.173. The number of carbonyl (C=O) groups is 3. The Kier molecular flexibility index (Phi) is 5.98. The first-order valence-electron chi connectivity index (χ1n) is 12.5. The first-order chi connectivity index (χ1) is 15.5. The largest absolute Gasteiger partial charge is 0.469 e. The molecule has 3 fully saturated rings. The third-order valence-electron chi connectivity index (χ3n) is 10.3. The lowest BCUT2D eigenvalue weighted by Gasteiger charge is -2.69. The number of allylic oxidation sites excluding steroid dienone is 2. The molecule has 0 aromatic rings. The highest BCUT2D eigenvalue weighted by Gasteiger charge is 2.71. The number of fused-ring (bicyclic) bond motifs is 2. The van der Waals surface area contributed by atoms with Crippen LogP contribution in [0.5, 0.6) is 0 Å². The highest BCUT2D eigenvalue weighted by Crippen LogP contribution is 2.73. The molecule has 1 spiro atoms. The smallest absolute Gasteiger partial charge is 0.311 e. The van der Waals surface area contributed by atoms with E-state index >= 15 is 0 Å². The summed E-state index contributed by atoms with van der Waals surface area (Å²) < 4.78 is 15.9. The SMILES string of the molecule is COC(=O)[C@H]1[C@@H](C(=O)OC)[C@@]23C=C(C(C)C)[C@@H]1C[C@@H]2[C@@]1(C)CCC[C@@](C)(C(=O)OC)[C@@H]1CC3. The molecule has 0 aromatic carbocycles. The van der Waals surface area contributed by atoms with Gasteiger partial charge in [-0.05, 0) is 68.1 Å². The molecular formula is C27H40O6. The van der Waals surface area contributed by atoms with Crippen molar-refractivity contribution in [3.05, 3.63) is 11.6 Å². The average molecular weight is 461 g/mol. The van der Waals surface area contributed by atoms with E-state index in [1.165, 1.54) is 26.9 Å². The molecule has 33 heavy (non-hydrogen) atoms. The second-order valence-electron chi connectivity index (χ2n) is 11.7. The molecule has 0 unspecified atom stereocenters. The minimum absolute atomic E-state index is 0.0460. The quantitative estimate of drug-likeness (QED) is 0.348. The zero-order valence-electron chi connectivity index (χ0n) is 21.2. The molecule has 3 saturated carbocycles. The van der Waals surface area contributed by atoms with Gasteiger partial charge >= 0.3 is 17.9 Å². The summed E-state index contributed by atoms with van der Waals surface area (Å²) in [4.78, 5) is 39.4. The van der Waals surface area contributed by atoms with Crippen LogP contribution in [-0.4, -0.2) is 39.2 Å². The lowest BCUT2D eigenvalue weighted by Crippen LogP contribution is -2.66. The van der Waals surface area contributed by atoms with E-state index in [2.05, 4.69) is 33.8 Å². The van der Waals surface area contributed by atoms with E-state index in [1.54, 1.807) is 0 Å². The number of ether oxygens (including phenoxy) is 3. The first-order valence-corrected chi connectivity index (χ1v) is 12.5. The van der Waals surface area contributed by atoms with E-state index in [1.807, 2.05) is 0 Å². The van der Waals surface area contributed by atoms with Crippen molar-refractivity contribution in [1.29, 1.82) is 0 Å². The Hall–Kier alpha value is -1.85. The van der Waals surface area contributed by atoms with Crippen LogP contribution in [0.3, 0.4) is 0 Å². The number of hydrogen-bond acceptors (Lipinski definition) is 6. The molecule has 0 aromatic heterocycles. The standard InChI is InChI=1S/C27H40O6/c1-15(2)17-14-27-12-9-18-25(3,10-8-11-26(18,4)24(30)33-7)19(27)13-16(17)20(22(28)31-5)21(27)23(29)32-6/h14-16,18-21H,8-13H2,1-7H3/t16-,18+,19+,20+,21-,25-,26+,27-/m0/s1. The van der Waals surface area contributed by atoms with Gasteiger partial charge in [0.1, 0.15) is 0 Å². The van der Waals surface area contributed by atoms with Gasteiger partial charge in [0.25, 0.3) is 0 Å². The fraction of sp³-hybridized carbons (Fsp3) is 0.815. The van der Waals surface area contributed by atoms with E-state index in [4.69, 9.17) is 14.2 Å². The van der Waals surface area contributed by atoms with Gasteiger partial charge in [0.05, 0.1) is 38.6 Å². The number of rotatable bonds is 4. The van der Waals surface area contributed by atoms with Crippen LogP contribution in [0.1, 0.15) is 66.2 Å². The maximum Gasteiger partial charge on any atom is 0.311 e. The molecule has 0 heterocycles. The van der Waals surface area contributed by atoms with Crippen LogP contribution in [0, 0.1) is 51.8 Å². The maximum atomic E-state index is 13.3. The molecule has 0 saturated heterocycles. The molecule has 5 aliphatic carbocycles. The van der Waals surface area contributed by atoms with E-state index in [0.29, 0.717) is 0 Å². The minimum atomic E-state index is -0.551. The van der Waals surface area contributed by atoms with Gasteiger partial charge in [-0.1, -0.05) is 38.8 Å². The Labute approximate surface area is 197 Å². The molecule has 0 radical (unpaired) electrons. The number of carbonyl (C=O) groups excluding carboxylic acids is 3. The van der Waals surface area contributed by atoms with Crippen molar-refractivity contribution in [3.63, 3.8) is 0 Å². The van der Waals surface area contributed by atoms with Crippen LogP contribution < -0.4 is 0 Å². The first kappa shape index (κ1) is 24.3. The third kappa shape index (κ3) is 3.15. The van der Waals surface area contributed by atoms with Gasteiger partial charge in [-0.15, -0.1) is 0 Å². The molecule has 0 aliphatic heterocycles. The summed E-state index contributed by atoms with van der Waals surface area (Å²) >= 11 is 0. The Morgan fingerprint density at radius 1 is 0.939 bits per heavy atom. The van der Waals surface area contributed by atoms with Crippen LogP contribution in [0.2, 0.25) is 0 Å². The number of methoxy groups -OCH3 is 3. The average Bonchev–Trinajstić information content (AvgIpc) is 2.80. The van der Waals surface area contributed by atoms with Crippen molar-refractivity contribution >= 4 is 17.9 Å². The van der Waals surface area contributed by atoms with Gasteiger partial charge < -0.3 is 14.2 Å². The maximum absolute atomic E-state index is 13.3. The van der Waals surface area contributed by atoms with Gasteiger partial charge in [-0.3, -0.25) is 14.4 Å². The Balaban J connectivity index is 1.89. The molecule has 0 N–H and O–H groups in total. The predicted molar refractivity (Wildman–Crippen MR) is 123 cm³/mol. The van der Waals surface area contributed by atoms with E-state index < -0.39 is 22.7 Å². The van der Waals surface area contributed by atoms with Crippen LogP contribution >= 0.6 is 0 Å². The second-order valence-corrected chi connectivity index (χ2v) is 11.7. The summed E-state index contributed by atoms with van der Waals surface area (Å²) in [6.45, 7) is 8.74. The molecule has 5 aliphatic rings. The fourth-order valence-electron chi connectivity index (χ4n) is 9.01. The van der Waals surface area contributed by atoms with Crippen molar-refractivity contribution in [2.75, 3.05) is 21.3 Å². The summed E-state index contributed by atoms with van der Waals surface area (Å²) in [6, 6.07) is 0. The summed E-state index contributed by atoms with van der Waals surface area (Å²) in [5.74, 6) is -1.18. The van der Waals surface area contributed by atoms with E-state index in [0.717, 1.165) is 38.5 Å². The van der Waals surface area contributed by atoms with Crippen molar-refractivity contribution in [3.8, 4) is 0 Å². The fourth-order valence-corrected chi connectivity index (χ4v) is 9.01. The third-order valence-corrected chi connectivity index (χ3v) is 10.3.